The smallest absolute Gasteiger partial charge is 0.251 e. The second kappa shape index (κ2) is 7.60. The second-order valence-electron chi connectivity index (χ2n) is 5.23. The summed E-state index contributed by atoms with van der Waals surface area (Å²) in [6.07, 6.45) is 1.64. The maximum atomic E-state index is 12.1. The fourth-order valence-electron chi connectivity index (χ4n) is 2.32. The fraction of sp³-hybridized carbons (Fsp3) is 0.278. The van der Waals surface area contributed by atoms with Gasteiger partial charge in [-0.2, -0.15) is 0 Å². The van der Waals surface area contributed by atoms with Crippen LogP contribution in [0.4, 0.5) is 0 Å². The van der Waals surface area contributed by atoms with Gasteiger partial charge >= 0.3 is 0 Å². The van der Waals surface area contributed by atoms with Crippen LogP contribution in [-0.4, -0.2) is 19.0 Å². The minimum atomic E-state index is -0.0264. The van der Waals surface area contributed by atoms with Crippen molar-refractivity contribution >= 4 is 5.91 Å². The first kappa shape index (κ1) is 15.3. The molecule has 0 aliphatic heterocycles. The van der Waals surface area contributed by atoms with Gasteiger partial charge in [-0.1, -0.05) is 42.0 Å². The number of aryl methyl sites for hydroxylation is 1. The quantitative estimate of drug-likeness (QED) is 0.855. The van der Waals surface area contributed by atoms with E-state index in [1.54, 1.807) is 0 Å². The Labute approximate surface area is 126 Å². The van der Waals surface area contributed by atoms with E-state index in [9.17, 15) is 4.79 Å². The number of nitrogens with one attached hydrogen (secondary N) is 1. The Hall–Kier alpha value is -2.13. The first-order valence-electron chi connectivity index (χ1n) is 7.32. The maximum absolute atomic E-state index is 12.1. The molecule has 0 aromatic heterocycles. The molecule has 0 unspecified atom stereocenters. The van der Waals surface area contributed by atoms with Crippen molar-refractivity contribution in [1.29, 1.82) is 0 Å². The Kier molecular flexibility index (Phi) is 5.52. The molecule has 3 nitrogen and oxygen atoms in total. The van der Waals surface area contributed by atoms with Crippen LogP contribution < -0.4 is 11.1 Å². The zero-order valence-corrected chi connectivity index (χ0v) is 12.4. The minimum Gasteiger partial charge on any atom is -0.352 e. The lowest BCUT2D eigenvalue weighted by atomic mass is 10.1. The van der Waals surface area contributed by atoms with E-state index in [4.69, 9.17) is 5.73 Å². The summed E-state index contributed by atoms with van der Waals surface area (Å²) in [6, 6.07) is 16.0. The summed E-state index contributed by atoms with van der Waals surface area (Å²) in [5.74, 6) is -0.0264. The highest BCUT2D eigenvalue weighted by atomic mass is 16.1. The highest BCUT2D eigenvalue weighted by Gasteiger charge is 2.05. The number of hydrogen-bond acceptors (Lipinski definition) is 2. The largest absolute Gasteiger partial charge is 0.352 e. The molecule has 0 fully saturated rings. The Morgan fingerprint density at radius 2 is 1.76 bits per heavy atom. The maximum Gasteiger partial charge on any atom is 0.251 e. The van der Waals surface area contributed by atoms with Crippen LogP contribution in [0, 0.1) is 6.92 Å². The third kappa shape index (κ3) is 4.72. The van der Waals surface area contributed by atoms with Gasteiger partial charge in [0.15, 0.2) is 0 Å². The molecule has 2 aromatic rings. The van der Waals surface area contributed by atoms with Gasteiger partial charge in [-0.3, -0.25) is 4.79 Å². The third-order valence-electron chi connectivity index (χ3n) is 3.40. The summed E-state index contributed by atoms with van der Waals surface area (Å²) in [5.41, 5.74) is 9.83. The Balaban J connectivity index is 1.88. The predicted molar refractivity (Wildman–Crippen MR) is 86.4 cm³/mol. The van der Waals surface area contributed by atoms with Crippen LogP contribution in [0.25, 0.3) is 0 Å². The molecule has 0 aliphatic carbocycles. The molecule has 110 valence electrons. The van der Waals surface area contributed by atoms with Crippen LogP contribution in [-0.2, 0) is 12.8 Å². The predicted octanol–water partition coefficient (Wildman–Crippen LogP) is 2.47. The van der Waals surface area contributed by atoms with Gasteiger partial charge in [0.25, 0.3) is 5.91 Å². The molecular formula is C18H22N2O. The fourth-order valence-corrected chi connectivity index (χ4v) is 2.32. The molecule has 21 heavy (non-hydrogen) atoms. The summed E-state index contributed by atoms with van der Waals surface area (Å²) in [4.78, 5) is 12.1. The molecule has 0 saturated carbocycles. The van der Waals surface area contributed by atoms with Crippen LogP contribution in [0.2, 0.25) is 0 Å². The van der Waals surface area contributed by atoms with Crippen LogP contribution in [0.1, 0.15) is 27.0 Å². The van der Waals surface area contributed by atoms with E-state index in [0.29, 0.717) is 18.7 Å². The molecule has 0 spiro atoms. The Morgan fingerprint density at radius 1 is 1.05 bits per heavy atom. The topological polar surface area (TPSA) is 55.1 Å². The highest BCUT2D eigenvalue weighted by molar-refractivity contribution is 5.94. The summed E-state index contributed by atoms with van der Waals surface area (Å²) < 4.78 is 0. The van der Waals surface area contributed by atoms with Crippen molar-refractivity contribution in [2.45, 2.75) is 19.8 Å². The molecule has 0 bridgehead atoms. The van der Waals surface area contributed by atoms with Crippen LogP contribution in [0.5, 0.6) is 0 Å². The normalized spacial score (nSPS) is 10.4. The van der Waals surface area contributed by atoms with E-state index in [2.05, 4.69) is 30.4 Å². The van der Waals surface area contributed by atoms with Gasteiger partial charge in [0.1, 0.15) is 0 Å². The zero-order valence-electron chi connectivity index (χ0n) is 12.4. The van der Waals surface area contributed by atoms with Crippen LogP contribution in [0.3, 0.4) is 0 Å². The van der Waals surface area contributed by atoms with E-state index < -0.39 is 0 Å². The molecular weight excluding hydrogens is 260 g/mol. The second-order valence-corrected chi connectivity index (χ2v) is 5.23. The molecule has 3 N–H and O–H groups in total. The highest BCUT2D eigenvalue weighted by Crippen LogP contribution is 2.07. The number of benzene rings is 2. The van der Waals surface area contributed by atoms with Crippen molar-refractivity contribution in [3.8, 4) is 0 Å². The van der Waals surface area contributed by atoms with Crippen LogP contribution in [0.15, 0.2) is 48.5 Å². The number of amides is 1. The molecule has 3 heteroatoms. The molecule has 1 amide bonds. The van der Waals surface area contributed by atoms with Crippen LogP contribution >= 0.6 is 0 Å². The first-order chi connectivity index (χ1) is 10.2. The molecule has 2 rings (SSSR count). The minimum absolute atomic E-state index is 0.0264. The number of carbonyl (C=O) groups is 1. The monoisotopic (exact) mass is 282 g/mol. The Bertz CT molecular complexity index is 608. The number of hydrogen-bond donors (Lipinski definition) is 2. The zero-order chi connectivity index (χ0) is 15.1. The van der Waals surface area contributed by atoms with Gasteiger partial charge in [-0.25, -0.2) is 0 Å². The Morgan fingerprint density at radius 3 is 2.48 bits per heavy atom. The van der Waals surface area contributed by atoms with E-state index in [1.807, 2.05) is 30.3 Å². The third-order valence-corrected chi connectivity index (χ3v) is 3.40. The molecule has 0 aliphatic rings. The summed E-state index contributed by atoms with van der Waals surface area (Å²) in [6.45, 7) is 3.31. The van der Waals surface area contributed by atoms with Gasteiger partial charge in [0.05, 0.1) is 0 Å². The van der Waals surface area contributed by atoms with E-state index in [0.717, 1.165) is 18.4 Å². The summed E-state index contributed by atoms with van der Waals surface area (Å²) in [5, 5.41) is 2.97. The van der Waals surface area contributed by atoms with Crippen molar-refractivity contribution < 1.29 is 4.79 Å². The SMILES string of the molecule is Cc1cccc(CCNC(=O)c2cccc(CCN)c2)c1. The average molecular weight is 282 g/mol. The first-order valence-corrected chi connectivity index (χ1v) is 7.32. The van der Waals surface area contributed by atoms with Gasteiger partial charge in [0, 0.05) is 12.1 Å². The van der Waals surface area contributed by atoms with E-state index in [1.165, 1.54) is 11.1 Å². The lowest BCUT2D eigenvalue weighted by Crippen LogP contribution is -2.25. The van der Waals surface area contributed by atoms with Gasteiger partial charge in [-0.15, -0.1) is 0 Å². The molecule has 0 radical (unpaired) electrons. The number of rotatable bonds is 6. The van der Waals surface area contributed by atoms with Crippen molar-refractivity contribution in [2.24, 2.45) is 5.73 Å². The number of nitrogens with two attached hydrogens (primary N) is 1. The number of carbonyl (C=O) groups excluding carboxylic acids is 1. The van der Waals surface area contributed by atoms with Crippen molar-refractivity contribution in [3.63, 3.8) is 0 Å². The standard InChI is InChI=1S/C18H22N2O/c1-14-4-2-5-16(12-14)9-11-20-18(21)17-7-3-6-15(13-17)8-10-19/h2-7,12-13H,8-11,19H2,1H3,(H,20,21). The van der Waals surface area contributed by atoms with Crippen molar-refractivity contribution in [1.82, 2.24) is 5.32 Å². The van der Waals surface area contributed by atoms with Gasteiger partial charge < -0.3 is 11.1 Å². The van der Waals surface area contributed by atoms with E-state index in [-0.39, 0.29) is 5.91 Å². The lowest BCUT2D eigenvalue weighted by molar-refractivity contribution is 0.0954. The molecule has 0 heterocycles. The van der Waals surface area contributed by atoms with Gasteiger partial charge in [-0.05, 0) is 49.6 Å². The molecule has 2 aromatic carbocycles. The summed E-state index contributed by atoms with van der Waals surface area (Å²) in [7, 11) is 0. The van der Waals surface area contributed by atoms with E-state index >= 15 is 0 Å². The summed E-state index contributed by atoms with van der Waals surface area (Å²) >= 11 is 0. The molecule has 0 atom stereocenters. The molecule has 0 saturated heterocycles. The van der Waals surface area contributed by atoms with Crippen molar-refractivity contribution in [2.75, 3.05) is 13.1 Å². The lowest BCUT2D eigenvalue weighted by Gasteiger charge is -2.07. The average Bonchev–Trinajstić information content (AvgIpc) is 2.48. The van der Waals surface area contributed by atoms with Crippen molar-refractivity contribution in [3.05, 3.63) is 70.8 Å². The van der Waals surface area contributed by atoms with Gasteiger partial charge in [0.2, 0.25) is 0 Å².